The summed E-state index contributed by atoms with van der Waals surface area (Å²) in [4.78, 5) is 106. The van der Waals surface area contributed by atoms with Crippen molar-refractivity contribution >= 4 is 47.7 Å². The first-order valence-corrected chi connectivity index (χ1v) is 25.4. The third-order valence-electron chi connectivity index (χ3n) is 13.3. The zero-order valence-electron chi connectivity index (χ0n) is 45.2. The number of carbonyl (C=O) groups excluding carboxylic acids is 7. The molecular weight excluding hydrogens is 939 g/mol. The van der Waals surface area contributed by atoms with Crippen LogP contribution in [-0.4, -0.2) is 216 Å². The molecule has 72 heavy (non-hydrogen) atoms. The topological polar surface area (TPSA) is 314 Å². The minimum absolute atomic E-state index is 0.0550. The lowest BCUT2D eigenvalue weighted by Gasteiger charge is -2.53. The molecule has 9 atom stereocenters. The second-order valence-electron chi connectivity index (χ2n) is 22.6. The van der Waals surface area contributed by atoms with Crippen molar-refractivity contribution in [3.05, 3.63) is 0 Å². The van der Waals surface area contributed by atoms with E-state index in [4.69, 9.17) is 9.47 Å². The molecule has 0 aromatic heterocycles. The van der Waals surface area contributed by atoms with Gasteiger partial charge >= 0.3 is 18.2 Å². The van der Waals surface area contributed by atoms with E-state index in [9.17, 15) is 58.8 Å². The van der Waals surface area contributed by atoms with E-state index in [1.807, 2.05) is 27.7 Å². The Morgan fingerprint density at radius 1 is 0.597 bits per heavy atom. The van der Waals surface area contributed by atoms with Crippen LogP contribution in [0.3, 0.4) is 0 Å². The highest BCUT2D eigenvalue weighted by molar-refractivity contribution is 6.01. The van der Waals surface area contributed by atoms with E-state index in [0.717, 1.165) is 24.3 Å². The summed E-state index contributed by atoms with van der Waals surface area (Å²) in [5, 5.41) is 47.6. The monoisotopic (exact) mass is 1030 g/mol. The SMILES string of the molecule is CC(C)CNC(=O)[C@H]([C@@H](C)O)N1CC2(CCCN2)C1=O.CC(C)CNC(=O)[C@H]([C@@H](C)O)N1CC2(CCCN2C(=O)OC(C)(C)C)C1=O.CN.C[C@@H](O)[C@@H](C(=O)O)N1CC2(CCCN2C(=O)OC(C)(C)C)C1=O. The number of rotatable bonds is 13. The van der Waals surface area contributed by atoms with Gasteiger partial charge in [-0.05, 0) is 126 Å². The molecule has 412 valence electrons. The first-order valence-electron chi connectivity index (χ1n) is 25.4. The predicted molar refractivity (Wildman–Crippen MR) is 265 cm³/mol. The fraction of sp³-hybridized carbons (Fsp3) is 0.837. The number of aliphatic hydroxyl groups is 3. The standard InChI is InChI=1S/C19H33N3O5.C15H24N2O6.C14H25N3O3.CH5N/c1-12(2)10-20-15(24)14(13(3)23)21-11-19(16(21)25)8-7-9-22(19)17(26)27-18(4,5)6;1-9(18)10(11(19)20)16-8-15(12(16)21)6-5-7-17(15)13(22)23-14(2,3)4;1-9(2)7-15-12(19)11(10(3)18)17-8-14(13(17)20)5-4-6-16-14;1-2/h12-14,23H,7-11H2,1-6H3,(H,20,24);9-10,18H,5-8H2,1-4H3,(H,19,20);9-11,16,18H,4-8H2,1-3H3,(H,15,19);2H2,1H3/t13-,14+,19?;9-,10+,15?;10-,11+,14?;/m111./s1. The number of hydrogen-bond acceptors (Lipinski definition) is 15. The Balaban J connectivity index is 0.000000283. The van der Waals surface area contributed by atoms with Gasteiger partial charge in [0.1, 0.15) is 39.9 Å². The molecule has 6 fully saturated rings. The highest BCUT2D eigenvalue weighted by Crippen LogP contribution is 2.43. The number of β-lactam (4-membered cyclic amide) rings is 3. The van der Waals surface area contributed by atoms with Crippen LogP contribution in [0.5, 0.6) is 0 Å². The molecule has 0 aromatic rings. The van der Waals surface area contributed by atoms with Gasteiger partial charge < -0.3 is 66.3 Å². The molecule has 3 unspecified atom stereocenters. The number of carboxylic acids is 1. The summed E-state index contributed by atoms with van der Waals surface area (Å²) >= 11 is 0. The third-order valence-corrected chi connectivity index (χ3v) is 13.3. The first kappa shape index (κ1) is 61.5. The summed E-state index contributed by atoms with van der Waals surface area (Å²) < 4.78 is 10.8. The Labute approximate surface area is 425 Å². The highest BCUT2D eigenvalue weighted by atomic mass is 16.6. The second kappa shape index (κ2) is 24.5. The van der Waals surface area contributed by atoms with E-state index in [1.54, 1.807) is 48.5 Å². The fourth-order valence-corrected chi connectivity index (χ4v) is 9.96. The van der Waals surface area contributed by atoms with Gasteiger partial charge in [0.15, 0.2) is 6.04 Å². The minimum Gasteiger partial charge on any atom is -0.480 e. The number of nitrogens with two attached hydrogens (primary N) is 1. The molecule has 7 amide bonds. The van der Waals surface area contributed by atoms with E-state index in [0.29, 0.717) is 64.3 Å². The van der Waals surface area contributed by atoms with Crippen LogP contribution < -0.4 is 21.7 Å². The number of aliphatic hydroxyl groups excluding tert-OH is 3. The number of carboxylic acid groups (broad SMARTS) is 1. The van der Waals surface area contributed by atoms with Gasteiger partial charge in [-0.1, -0.05) is 27.7 Å². The fourth-order valence-electron chi connectivity index (χ4n) is 9.96. The van der Waals surface area contributed by atoms with Crippen molar-refractivity contribution in [2.24, 2.45) is 17.6 Å². The molecule has 6 rings (SSSR count). The van der Waals surface area contributed by atoms with Crippen molar-refractivity contribution in [1.29, 1.82) is 0 Å². The molecule has 6 aliphatic rings. The van der Waals surface area contributed by atoms with Crippen LogP contribution in [-0.2, 0) is 38.2 Å². The predicted octanol–water partition coefficient (Wildman–Crippen LogP) is 0.600. The molecule has 0 radical (unpaired) electrons. The van der Waals surface area contributed by atoms with E-state index in [1.165, 1.54) is 40.5 Å². The van der Waals surface area contributed by atoms with Crippen molar-refractivity contribution in [1.82, 2.24) is 40.4 Å². The molecule has 6 aliphatic heterocycles. The lowest BCUT2D eigenvalue weighted by molar-refractivity contribution is -0.176. The summed E-state index contributed by atoms with van der Waals surface area (Å²) in [7, 11) is 1.50. The quantitative estimate of drug-likeness (QED) is 0.117. The van der Waals surface area contributed by atoms with Crippen LogP contribution in [0, 0.1) is 11.8 Å². The summed E-state index contributed by atoms with van der Waals surface area (Å²) in [5.41, 5.74) is 0.743. The maximum absolute atomic E-state index is 13.0. The molecule has 0 bridgehead atoms. The van der Waals surface area contributed by atoms with Gasteiger partial charge in [-0.3, -0.25) is 33.8 Å². The molecular formula is C49H87N9O14. The van der Waals surface area contributed by atoms with Gasteiger partial charge in [-0.15, -0.1) is 0 Å². The Kier molecular flexibility index (Phi) is 20.9. The number of likely N-dealkylation sites (tertiary alicyclic amines) is 5. The summed E-state index contributed by atoms with van der Waals surface area (Å²) in [6.45, 7) is 26.5. The van der Waals surface area contributed by atoms with E-state index < -0.39 is 88.3 Å². The smallest absolute Gasteiger partial charge is 0.411 e. The molecule has 9 N–H and O–H groups in total. The number of aliphatic carboxylic acids is 1. The van der Waals surface area contributed by atoms with Gasteiger partial charge in [-0.25, -0.2) is 14.4 Å². The largest absolute Gasteiger partial charge is 0.480 e. The average molecular weight is 1030 g/mol. The van der Waals surface area contributed by atoms with E-state index in [2.05, 4.69) is 21.7 Å². The van der Waals surface area contributed by atoms with Crippen molar-refractivity contribution in [2.75, 3.05) is 59.4 Å². The van der Waals surface area contributed by atoms with Crippen LogP contribution in [0.2, 0.25) is 0 Å². The van der Waals surface area contributed by atoms with Gasteiger partial charge in [0, 0.05) is 32.7 Å². The van der Waals surface area contributed by atoms with Crippen LogP contribution in [0.1, 0.15) is 129 Å². The molecule has 0 aliphatic carbocycles. The Morgan fingerprint density at radius 2 is 0.958 bits per heavy atom. The molecule has 23 nitrogen and oxygen atoms in total. The minimum atomic E-state index is -1.30. The summed E-state index contributed by atoms with van der Waals surface area (Å²) in [5.74, 6) is -2.09. The zero-order chi connectivity index (χ0) is 55.1. The highest BCUT2D eigenvalue weighted by Gasteiger charge is 2.64. The number of ether oxygens (including phenoxy) is 2. The van der Waals surface area contributed by atoms with Crippen molar-refractivity contribution in [2.45, 2.75) is 193 Å². The molecule has 6 heterocycles. The third kappa shape index (κ3) is 13.9. The van der Waals surface area contributed by atoms with Gasteiger partial charge in [0.05, 0.1) is 31.4 Å². The molecule has 3 spiro atoms. The number of amides is 7. The van der Waals surface area contributed by atoms with Gasteiger partial charge in [0.25, 0.3) is 11.8 Å². The zero-order valence-corrected chi connectivity index (χ0v) is 45.2. The summed E-state index contributed by atoms with van der Waals surface area (Å²) in [6, 6.07) is -3.04. The lowest BCUT2D eigenvalue weighted by Crippen LogP contribution is -2.77. The van der Waals surface area contributed by atoms with Gasteiger partial charge in [0.2, 0.25) is 17.7 Å². The normalized spacial score (nSPS) is 25.9. The second-order valence-corrected chi connectivity index (χ2v) is 22.6. The average Bonchev–Trinajstić information content (AvgIpc) is 4.06. The van der Waals surface area contributed by atoms with Crippen molar-refractivity contribution in [3.63, 3.8) is 0 Å². The molecule has 0 aromatic carbocycles. The molecule has 0 saturated carbocycles. The molecule has 6 saturated heterocycles. The maximum atomic E-state index is 13.0. The van der Waals surface area contributed by atoms with Crippen LogP contribution in [0.25, 0.3) is 0 Å². The Bertz CT molecular complexity index is 1950. The van der Waals surface area contributed by atoms with E-state index >= 15 is 0 Å². The number of nitrogens with one attached hydrogen (secondary N) is 3. The van der Waals surface area contributed by atoms with Crippen molar-refractivity contribution in [3.8, 4) is 0 Å². The Hall–Kier alpha value is -4.84. The van der Waals surface area contributed by atoms with Crippen LogP contribution in [0.15, 0.2) is 0 Å². The van der Waals surface area contributed by atoms with E-state index in [-0.39, 0.29) is 42.6 Å². The lowest BCUT2D eigenvalue weighted by atomic mass is 9.83. The van der Waals surface area contributed by atoms with Gasteiger partial charge in [-0.2, -0.15) is 0 Å². The number of hydrogen-bond donors (Lipinski definition) is 8. The van der Waals surface area contributed by atoms with Crippen LogP contribution in [0.4, 0.5) is 9.59 Å². The maximum Gasteiger partial charge on any atom is 0.411 e. The van der Waals surface area contributed by atoms with Crippen LogP contribution >= 0.6 is 0 Å². The number of carbonyl (C=O) groups is 8. The number of nitrogens with zero attached hydrogens (tertiary/aromatic N) is 5. The van der Waals surface area contributed by atoms with Crippen molar-refractivity contribution < 1.29 is 68.3 Å². The first-order chi connectivity index (χ1) is 33.3. The summed E-state index contributed by atoms with van der Waals surface area (Å²) in [6.07, 6.45) is 0.0574. The Morgan fingerprint density at radius 3 is 1.24 bits per heavy atom. The molecule has 23 heteroatoms.